The van der Waals surface area contributed by atoms with Gasteiger partial charge in [0.2, 0.25) is 0 Å². The van der Waals surface area contributed by atoms with Gasteiger partial charge in [0.25, 0.3) is 0 Å². The van der Waals surface area contributed by atoms with Crippen LogP contribution in [0.15, 0.2) is 23.3 Å². The highest BCUT2D eigenvalue weighted by Gasteiger charge is 2.60. The Morgan fingerprint density at radius 2 is 1.76 bits per heavy atom. The number of carbonyl (C=O) groups is 2. The Labute approximate surface area is 205 Å². The van der Waals surface area contributed by atoms with Gasteiger partial charge in [-0.1, -0.05) is 60.0 Å². The number of halogens is 1. The van der Waals surface area contributed by atoms with Crippen LogP contribution in [0.2, 0.25) is 0 Å². The summed E-state index contributed by atoms with van der Waals surface area (Å²) in [6.45, 7) is 7.10. The molecule has 33 heavy (non-hydrogen) atoms. The second-order valence-corrected chi connectivity index (χ2v) is 11.4. The number of hydrogen-bond donors (Lipinski definition) is 0. The summed E-state index contributed by atoms with van der Waals surface area (Å²) >= 11 is 3.72. The zero-order valence-corrected chi connectivity index (χ0v) is 22.0. The van der Waals surface area contributed by atoms with Crippen LogP contribution < -0.4 is 0 Å². The van der Waals surface area contributed by atoms with Crippen LogP contribution in [0, 0.1) is 34.5 Å². The molecule has 8 atom stereocenters. The Hall–Kier alpha value is -1.50. The van der Waals surface area contributed by atoms with E-state index in [4.69, 9.17) is 18.9 Å². The molecule has 4 aliphatic carbocycles. The molecular formula is C26H37BrO6. The number of hydrogen-bond acceptors (Lipinski definition) is 6. The summed E-state index contributed by atoms with van der Waals surface area (Å²) in [5.74, 6) is 2.24. The molecule has 3 unspecified atom stereocenters. The van der Waals surface area contributed by atoms with Crippen molar-refractivity contribution in [2.75, 3.05) is 19.5 Å². The van der Waals surface area contributed by atoms with E-state index in [2.05, 4.69) is 48.9 Å². The van der Waals surface area contributed by atoms with Crippen molar-refractivity contribution in [3.63, 3.8) is 0 Å². The highest BCUT2D eigenvalue weighted by atomic mass is 79.9. The minimum atomic E-state index is -0.709. The lowest BCUT2D eigenvalue weighted by atomic mass is 9.49. The smallest absolute Gasteiger partial charge is 0.438 e. The molecule has 0 aliphatic heterocycles. The van der Waals surface area contributed by atoms with Crippen molar-refractivity contribution in [1.29, 1.82) is 0 Å². The summed E-state index contributed by atoms with van der Waals surface area (Å²) < 4.78 is 20.9. The Balaban J connectivity index is 1.68. The van der Waals surface area contributed by atoms with Gasteiger partial charge in [-0.15, -0.1) is 0 Å². The average molecular weight is 525 g/mol. The number of ether oxygens (including phenoxy) is 4. The van der Waals surface area contributed by atoms with Crippen molar-refractivity contribution in [2.24, 2.45) is 34.5 Å². The van der Waals surface area contributed by atoms with Crippen molar-refractivity contribution < 1.29 is 28.5 Å². The first-order chi connectivity index (χ1) is 15.7. The Bertz CT molecular complexity index is 852. The van der Waals surface area contributed by atoms with Gasteiger partial charge in [0, 0.05) is 23.6 Å². The van der Waals surface area contributed by atoms with Crippen molar-refractivity contribution in [3.8, 4) is 0 Å². The van der Waals surface area contributed by atoms with Gasteiger partial charge in [-0.3, -0.25) is 0 Å². The van der Waals surface area contributed by atoms with Crippen molar-refractivity contribution in [1.82, 2.24) is 0 Å². The molecule has 0 saturated heterocycles. The van der Waals surface area contributed by atoms with Gasteiger partial charge in [-0.25, -0.2) is 9.59 Å². The fourth-order valence-corrected chi connectivity index (χ4v) is 8.15. The fraction of sp³-hybridized carbons (Fsp3) is 0.769. The van der Waals surface area contributed by atoms with Gasteiger partial charge in [0.15, 0.2) is 0 Å². The monoisotopic (exact) mass is 524 g/mol. The summed E-state index contributed by atoms with van der Waals surface area (Å²) in [7, 11) is 2.63. The van der Waals surface area contributed by atoms with E-state index < -0.39 is 24.5 Å². The SMILES string of the molecule is COC(=O)OC1CC2=CC=C3[C@@H]4CC[C@H](C(C)CBr)[C@@]4(C)CC[C@@H]3[C@@]2(C)C(OC(=O)OC)C1. The first kappa shape index (κ1) is 24.6. The van der Waals surface area contributed by atoms with Crippen LogP contribution in [-0.4, -0.2) is 44.1 Å². The normalized spacial score (nSPS) is 40.2. The summed E-state index contributed by atoms with van der Waals surface area (Å²) in [6.07, 6.45) is 8.11. The third-order valence-electron chi connectivity index (χ3n) is 9.44. The molecule has 3 fully saturated rings. The van der Waals surface area contributed by atoms with E-state index in [-0.39, 0.29) is 5.41 Å². The first-order valence-electron chi connectivity index (χ1n) is 12.1. The molecule has 0 bridgehead atoms. The van der Waals surface area contributed by atoms with Crippen LogP contribution in [0.4, 0.5) is 9.59 Å². The summed E-state index contributed by atoms with van der Waals surface area (Å²) in [6, 6.07) is 0. The van der Waals surface area contributed by atoms with E-state index in [9.17, 15) is 9.59 Å². The lowest BCUT2D eigenvalue weighted by Crippen LogP contribution is -2.54. The van der Waals surface area contributed by atoms with Gasteiger partial charge in [-0.05, 0) is 54.8 Å². The molecule has 0 amide bonds. The highest BCUT2D eigenvalue weighted by molar-refractivity contribution is 9.09. The molecule has 4 aliphatic rings. The molecule has 0 aromatic carbocycles. The fourth-order valence-electron chi connectivity index (χ4n) is 7.70. The number of rotatable bonds is 4. The van der Waals surface area contributed by atoms with Crippen molar-refractivity contribution in [3.05, 3.63) is 23.3 Å². The van der Waals surface area contributed by atoms with Crippen LogP contribution in [0.5, 0.6) is 0 Å². The number of methoxy groups -OCH3 is 2. The van der Waals surface area contributed by atoms with Gasteiger partial charge in [-0.2, -0.15) is 0 Å². The maximum atomic E-state index is 12.2. The second-order valence-electron chi connectivity index (χ2n) is 10.8. The van der Waals surface area contributed by atoms with Crippen LogP contribution >= 0.6 is 15.9 Å². The Morgan fingerprint density at radius 3 is 2.42 bits per heavy atom. The molecule has 7 heteroatoms. The van der Waals surface area contributed by atoms with Crippen LogP contribution in [-0.2, 0) is 18.9 Å². The van der Waals surface area contributed by atoms with E-state index in [0.717, 1.165) is 11.8 Å². The topological polar surface area (TPSA) is 71.1 Å². The predicted octanol–water partition coefficient (Wildman–Crippen LogP) is 6.43. The highest BCUT2D eigenvalue weighted by Crippen LogP contribution is 2.66. The zero-order valence-electron chi connectivity index (χ0n) is 20.4. The van der Waals surface area contributed by atoms with Gasteiger partial charge in [0.05, 0.1) is 14.2 Å². The lowest BCUT2D eigenvalue weighted by molar-refractivity contribution is -0.0829. The molecule has 184 valence electrons. The standard InChI is InChI=1S/C26H37BrO6/c1-15(14-27)19-8-9-20-18-7-6-16-12-17(32-23(28)30-4)13-22(33-24(29)31-5)26(16,3)21(18)10-11-25(19,20)2/h6-7,15,17,19-22H,8-14H2,1-5H3/t15?,17?,19-,20+,21+,22?,25-,26+/m1/s1. The minimum Gasteiger partial charge on any atom is -0.438 e. The quantitative estimate of drug-likeness (QED) is 0.311. The number of allylic oxidation sites excluding steroid dienone is 3. The van der Waals surface area contributed by atoms with Gasteiger partial charge < -0.3 is 18.9 Å². The third-order valence-corrected chi connectivity index (χ3v) is 10.5. The van der Waals surface area contributed by atoms with Crippen LogP contribution in [0.25, 0.3) is 0 Å². The number of alkyl halides is 1. The molecule has 6 nitrogen and oxygen atoms in total. The van der Waals surface area contributed by atoms with E-state index >= 15 is 0 Å². The Kier molecular flexibility index (Phi) is 6.92. The Morgan fingerprint density at radius 1 is 1.06 bits per heavy atom. The summed E-state index contributed by atoms with van der Waals surface area (Å²) in [5.41, 5.74) is 2.66. The van der Waals surface area contributed by atoms with Crippen molar-refractivity contribution in [2.45, 2.75) is 71.5 Å². The van der Waals surface area contributed by atoms with E-state index in [0.29, 0.717) is 41.9 Å². The molecule has 4 rings (SSSR count). The maximum Gasteiger partial charge on any atom is 0.508 e. The number of carbonyl (C=O) groups excluding carboxylic acids is 2. The molecule has 0 N–H and O–H groups in total. The molecule has 0 heterocycles. The number of fused-ring (bicyclic) bond motifs is 5. The lowest BCUT2D eigenvalue weighted by Gasteiger charge is -2.57. The maximum absolute atomic E-state index is 12.2. The van der Waals surface area contributed by atoms with Crippen LogP contribution in [0.1, 0.15) is 59.3 Å². The molecule has 0 radical (unpaired) electrons. The molecular weight excluding hydrogens is 488 g/mol. The largest absolute Gasteiger partial charge is 0.508 e. The van der Waals surface area contributed by atoms with Gasteiger partial charge >= 0.3 is 12.3 Å². The van der Waals surface area contributed by atoms with Crippen LogP contribution in [0.3, 0.4) is 0 Å². The molecule has 3 saturated carbocycles. The minimum absolute atomic E-state index is 0.307. The van der Waals surface area contributed by atoms with E-state index in [1.54, 1.807) is 0 Å². The van der Waals surface area contributed by atoms with E-state index in [1.165, 1.54) is 44.6 Å². The van der Waals surface area contributed by atoms with Gasteiger partial charge in [0.1, 0.15) is 12.2 Å². The third kappa shape index (κ3) is 4.02. The first-order valence-corrected chi connectivity index (χ1v) is 13.3. The van der Waals surface area contributed by atoms with E-state index in [1.807, 2.05) is 0 Å². The second kappa shape index (κ2) is 9.27. The molecule has 0 aromatic rings. The average Bonchev–Trinajstić information content (AvgIpc) is 3.16. The molecule has 0 spiro atoms. The molecule has 0 aromatic heterocycles. The van der Waals surface area contributed by atoms with Crippen molar-refractivity contribution >= 4 is 28.2 Å². The summed E-state index contributed by atoms with van der Waals surface area (Å²) in [5, 5.41) is 1.04. The zero-order chi connectivity index (χ0) is 24.0. The summed E-state index contributed by atoms with van der Waals surface area (Å²) in [4.78, 5) is 24.0. The predicted molar refractivity (Wildman–Crippen MR) is 128 cm³/mol.